The maximum Gasteiger partial charge on any atom is 0.0466 e. The topological polar surface area (TPSA) is 21.3 Å². The van der Waals surface area contributed by atoms with Crippen LogP contribution in [0.15, 0.2) is 0 Å². The van der Waals surface area contributed by atoms with E-state index in [1.807, 2.05) is 0 Å². The van der Waals surface area contributed by atoms with Gasteiger partial charge in [0.05, 0.1) is 0 Å². The third-order valence-corrected chi connectivity index (χ3v) is 3.78. The molecule has 1 saturated heterocycles. The summed E-state index contributed by atoms with van der Waals surface area (Å²) >= 11 is 0. The summed E-state index contributed by atoms with van der Waals surface area (Å²) < 4.78 is 5.66. The first-order valence-corrected chi connectivity index (χ1v) is 8.28. The van der Waals surface area contributed by atoms with E-state index in [4.69, 9.17) is 4.74 Å². The third-order valence-electron chi connectivity index (χ3n) is 3.78. The van der Waals surface area contributed by atoms with Crippen LogP contribution in [0.3, 0.4) is 0 Å². The highest BCUT2D eigenvalue weighted by atomic mass is 16.5. The normalized spacial score (nSPS) is 24.0. The molecule has 0 aliphatic carbocycles. The van der Waals surface area contributed by atoms with Crippen molar-refractivity contribution in [3.8, 4) is 0 Å². The lowest BCUT2D eigenvalue weighted by molar-refractivity contribution is 0.126. The van der Waals surface area contributed by atoms with Crippen LogP contribution in [0.5, 0.6) is 0 Å². The molecule has 0 aromatic carbocycles. The smallest absolute Gasteiger partial charge is 0.0466 e. The average molecular weight is 255 g/mol. The minimum atomic E-state index is 0.972. The number of hydrogen-bond acceptors (Lipinski definition) is 2. The molecule has 0 unspecified atom stereocenters. The molecule has 1 aliphatic rings. The maximum absolute atomic E-state index is 5.66. The van der Waals surface area contributed by atoms with Gasteiger partial charge in [0.25, 0.3) is 0 Å². The van der Waals surface area contributed by atoms with Crippen molar-refractivity contribution in [1.29, 1.82) is 0 Å². The lowest BCUT2D eigenvalue weighted by Crippen LogP contribution is -2.16. The van der Waals surface area contributed by atoms with Crippen LogP contribution in [0.2, 0.25) is 0 Å². The van der Waals surface area contributed by atoms with Crippen LogP contribution in [0.1, 0.15) is 77.0 Å². The van der Waals surface area contributed by atoms with Gasteiger partial charge >= 0.3 is 0 Å². The molecule has 0 spiro atoms. The molecular formula is C16H33NO. The highest BCUT2D eigenvalue weighted by molar-refractivity contribution is 4.52. The first-order chi connectivity index (χ1) is 9.00. The van der Waals surface area contributed by atoms with E-state index in [0.717, 1.165) is 13.2 Å². The summed E-state index contributed by atoms with van der Waals surface area (Å²) in [5.74, 6) is 0. The molecule has 0 atom stereocenters. The van der Waals surface area contributed by atoms with Gasteiger partial charge in [-0.15, -0.1) is 0 Å². The number of ether oxygens (including phenoxy) is 1. The van der Waals surface area contributed by atoms with Gasteiger partial charge < -0.3 is 10.1 Å². The van der Waals surface area contributed by atoms with Crippen LogP contribution in [-0.4, -0.2) is 26.3 Å². The van der Waals surface area contributed by atoms with Gasteiger partial charge in [-0.1, -0.05) is 44.9 Å². The molecule has 18 heavy (non-hydrogen) atoms. The van der Waals surface area contributed by atoms with Crippen molar-refractivity contribution in [2.24, 2.45) is 0 Å². The highest BCUT2D eigenvalue weighted by Crippen LogP contribution is 2.10. The quantitative estimate of drug-likeness (QED) is 0.697. The van der Waals surface area contributed by atoms with E-state index in [-0.39, 0.29) is 0 Å². The van der Waals surface area contributed by atoms with E-state index in [2.05, 4.69) is 5.32 Å². The van der Waals surface area contributed by atoms with Gasteiger partial charge in [-0.25, -0.2) is 0 Å². The first kappa shape index (κ1) is 16.0. The zero-order valence-electron chi connectivity index (χ0n) is 12.2. The second-order valence-electron chi connectivity index (χ2n) is 5.61. The molecule has 0 saturated carbocycles. The lowest BCUT2D eigenvalue weighted by atomic mass is 10.1. The number of rotatable bonds is 0. The highest BCUT2D eigenvalue weighted by Gasteiger charge is 1.95. The van der Waals surface area contributed by atoms with Gasteiger partial charge in [0, 0.05) is 13.2 Å². The zero-order valence-corrected chi connectivity index (χ0v) is 12.2. The largest absolute Gasteiger partial charge is 0.381 e. The summed E-state index contributed by atoms with van der Waals surface area (Å²) in [6.45, 7) is 4.37. The SMILES string of the molecule is C1CCCCCNCCCCCOCCCCC1. The molecule has 1 aliphatic heterocycles. The molecule has 2 nitrogen and oxygen atoms in total. The molecule has 0 aromatic rings. The molecule has 1 rings (SSSR count). The summed E-state index contributed by atoms with van der Waals surface area (Å²) in [4.78, 5) is 0. The zero-order chi connectivity index (χ0) is 12.7. The molecule has 0 aromatic heterocycles. The molecular weight excluding hydrogens is 222 g/mol. The Morgan fingerprint density at radius 1 is 0.444 bits per heavy atom. The van der Waals surface area contributed by atoms with Gasteiger partial charge in [0.15, 0.2) is 0 Å². The van der Waals surface area contributed by atoms with Gasteiger partial charge in [-0.05, 0) is 45.2 Å². The second kappa shape index (κ2) is 13.4. The van der Waals surface area contributed by atoms with Crippen LogP contribution >= 0.6 is 0 Å². The molecule has 1 heterocycles. The van der Waals surface area contributed by atoms with Gasteiger partial charge in [0.2, 0.25) is 0 Å². The molecule has 1 N–H and O–H groups in total. The Balaban J connectivity index is 2.00. The Labute approximate surface area is 114 Å². The Morgan fingerprint density at radius 2 is 0.833 bits per heavy atom. The van der Waals surface area contributed by atoms with Crippen molar-refractivity contribution in [3.63, 3.8) is 0 Å². The minimum absolute atomic E-state index is 0.972. The van der Waals surface area contributed by atoms with Crippen LogP contribution in [0.25, 0.3) is 0 Å². The Kier molecular flexibility index (Phi) is 11.9. The monoisotopic (exact) mass is 255 g/mol. The van der Waals surface area contributed by atoms with Crippen LogP contribution in [0, 0.1) is 0 Å². The summed E-state index contributed by atoms with van der Waals surface area (Å²) in [7, 11) is 0. The predicted molar refractivity (Wildman–Crippen MR) is 79.1 cm³/mol. The summed E-state index contributed by atoms with van der Waals surface area (Å²) in [5.41, 5.74) is 0. The Hall–Kier alpha value is -0.0800. The van der Waals surface area contributed by atoms with Crippen LogP contribution in [0.4, 0.5) is 0 Å². The number of nitrogens with one attached hydrogen (secondary N) is 1. The Morgan fingerprint density at radius 3 is 1.39 bits per heavy atom. The lowest BCUT2D eigenvalue weighted by Gasteiger charge is -2.07. The van der Waals surface area contributed by atoms with E-state index >= 15 is 0 Å². The average Bonchev–Trinajstić information content (AvgIpc) is 2.39. The standard InChI is InChI=1S/C16H33NO/c1-2-4-6-9-13-17-14-10-8-12-16-18-15-11-7-5-3-1/h17H,1-16H2. The van der Waals surface area contributed by atoms with Crippen molar-refractivity contribution in [2.75, 3.05) is 26.3 Å². The van der Waals surface area contributed by atoms with Crippen molar-refractivity contribution in [2.45, 2.75) is 77.0 Å². The molecule has 0 bridgehead atoms. The number of hydrogen-bond donors (Lipinski definition) is 1. The van der Waals surface area contributed by atoms with E-state index in [9.17, 15) is 0 Å². The van der Waals surface area contributed by atoms with E-state index in [1.54, 1.807) is 0 Å². The fraction of sp³-hybridized carbons (Fsp3) is 1.00. The first-order valence-electron chi connectivity index (χ1n) is 8.28. The second-order valence-corrected chi connectivity index (χ2v) is 5.61. The predicted octanol–water partition coefficient (Wildman–Crippen LogP) is 4.29. The molecule has 2 heteroatoms. The van der Waals surface area contributed by atoms with Crippen molar-refractivity contribution >= 4 is 0 Å². The van der Waals surface area contributed by atoms with Crippen LogP contribution in [-0.2, 0) is 4.74 Å². The summed E-state index contributed by atoms with van der Waals surface area (Å²) in [6.07, 6.45) is 16.4. The van der Waals surface area contributed by atoms with E-state index in [0.29, 0.717) is 0 Å². The van der Waals surface area contributed by atoms with Crippen LogP contribution < -0.4 is 5.32 Å². The van der Waals surface area contributed by atoms with Crippen molar-refractivity contribution in [3.05, 3.63) is 0 Å². The van der Waals surface area contributed by atoms with E-state index in [1.165, 1.54) is 90.1 Å². The van der Waals surface area contributed by atoms with Crippen molar-refractivity contribution in [1.82, 2.24) is 5.32 Å². The van der Waals surface area contributed by atoms with Gasteiger partial charge in [0.1, 0.15) is 0 Å². The fourth-order valence-electron chi connectivity index (χ4n) is 2.55. The third kappa shape index (κ3) is 11.0. The molecule has 108 valence electrons. The summed E-state index contributed by atoms with van der Waals surface area (Å²) in [6, 6.07) is 0. The van der Waals surface area contributed by atoms with Crippen molar-refractivity contribution < 1.29 is 4.74 Å². The molecule has 0 amide bonds. The van der Waals surface area contributed by atoms with Gasteiger partial charge in [-0.3, -0.25) is 0 Å². The minimum Gasteiger partial charge on any atom is -0.381 e. The van der Waals surface area contributed by atoms with Gasteiger partial charge in [-0.2, -0.15) is 0 Å². The fourth-order valence-corrected chi connectivity index (χ4v) is 2.55. The maximum atomic E-state index is 5.66. The van der Waals surface area contributed by atoms with E-state index < -0.39 is 0 Å². The Bertz CT molecular complexity index is 86.1. The summed E-state index contributed by atoms with van der Waals surface area (Å²) in [5, 5.41) is 3.55. The molecule has 1 fully saturated rings. The molecule has 0 radical (unpaired) electrons.